The van der Waals surface area contributed by atoms with Gasteiger partial charge in [0.25, 0.3) is 0 Å². The number of rotatable bonds is 44. The predicted octanol–water partition coefficient (Wildman–Crippen LogP) is 30.3. The molecule has 12 aromatic rings. The van der Waals surface area contributed by atoms with Crippen LogP contribution in [-0.4, -0.2) is 83.1 Å². The smallest absolute Gasteiger partial charge is 0.216 e. The van der Waals surface area contributed by atoms with Gasteiger partial charge < -0.3 is 0 Å². The van der Waals surface area contributed by atoms with E-state index in [1.165, 1.54) is 189 Å². The van der Waals surface area contributed by atoms with E-state index in [0.717, 1.165) is 115 Å². The second-order valence-electron chi connectivity index (χ2n) is 33.8. The fourth-order valence-corrected chi connectivity index (χ4v) is 52.9. The SMILES string of the molecule is CCCCC(CC)C[Si]1(CC(CC)CCCC)c2cc([CH2][Sn][CH2]C)sc2-c2s[c]([Sn]([CH3])([CH3])[CH3])cc21.CCCCCCc1ccc(-c2ccc(-c3nc(F)c(-c4cc5c(s4)-c4sc(-c6c(F)nc(-c7ccc(-c8ccc(CCCCCC)s8)s7)c7nsnc67)cc4[Si]5(CC(CC)CCCC)CC(CC)CCCC)c4nsnc34)s2)s1. The van der Waals surface area contributed by atoms with Crippen LogP contribution in [0.4, 0.5) is 8.78 Å². The van der Waals surface area contributed by atoms with Crippen LogP contribution in [0, 0.1) is 35.6 Å². The number of aryl methyl sites for hydroxylation is 2. The van der Waals surface area contributed by atoms with E-state index in [0.29, 0.717) is 56.4 Å². The van der Waals surface area contributed by atoms with Crippen molar-refractivity contribution < 1.29 is 8.78 Å². The molecule has 610 valence electrons. The second kappa shape index (κ2) is 41.5. The minimum Gasteiger partial charge on any atom is -0.216 e. The molecule has 114 heavy (non-hydrogen) atoms. The van der Waals surface area contributed by atoms with E-state index >= 15 is 8.78 Å². The molecule has 2 radical (unpaired) electrons. The molecule has 0 aliphatic carbocycles. The normalized spacial score (nSPS) is 15.4. The largest absolute Gasteiger partial charge is 0.224 e. The molecule has 4 unspecified atom stereocenters. The molecule has 4 atom stereocenters. The van der Waals surface area contributed by atoms with Crippen molar-refractivity contribution in [1.82, 2.24) is 27.5 Å². The molecule has 0 bridgehead atoms. The molecule has 0 saturated carbocycles. The number of nitrogens with zero attached hydrogens (tertiary/aromatic N) is 6. The minimum atomic E-state index is -2.64. The van der Waals surface area contributed by atoms with Crippen LogP contribution in [0.1, 0.15) is 245 Å². The first kappa shape index (κ1) is 89.2. The van der Waals surface area contributed by atoms with E-state index in [4.69, 9.17) is 27.5 Å². The monoisotopic (exact) mass is 1960 g/mol. The summed E-state index contributed by atoms with van der Waals surface area (Å²) in [5, 5.41) is 6.67. The summed E-state index contributed by atoms with van der Waals surface area (Å²) in [6, 6.07) is 33.1. The molecule has 2 aliphatic heterocycles. The van der Waals surface area contributed by atoms with Crippen molar-refractivity contribution in [3.8, 4) is 81.0 Å². The Balaban J connectivity index is 0.000000271. The Kier molecular flexibility index (Phi) is 32.5. The van der Waals surface area contributed by atoms with Gasteiger partial charge in [-0.3, -0.25) is 0 Å². The summed E-state index contributed by atoms with van der Waals surface area (Å²) in [5.41, 5.74) is 4.39. The van der Waals surface area contributed by atoms with E-state index in [-0.39, 0.29) is 21.1 Å². The van der Waals surface area contributed by atoms with Crippen molar-refractivity contribution in [2.24, 2.45) is 23.7 Å². The van der Waals surface area contributed by atoms with Gasteiger partial charge in [-0.15, -0.1) is 68.0 Å². The number of halogens is 2. The third-order valence-corrected chi connectivity index (χ3v) is 60.5. The van der Waals surface area contributed by atoms with E-state index in [9.17, 15) is 0 Å². The quantitative estimate of drug-likeness (QED) is 0.0215. The summed E-state index contributed by atoms with van der Waals surface area (Å²) >= 11 is 14.8. The van der Waals surface area contributed by atoms with Gasteiger partial charge in [0, 0.05) is 48.8 Å². The molecule has 6 nitrogen and oxygen atoms in total. The molecule has 0 fully saturated rings. The fourth-order valence-electron chi connectivity index (χ4n) is 18.1. The summed E-state index contributed by atoms with van der Waals surface area (Å²) in [6.45, 7) is 26.0. The number of thiophene rings is 8. The average molecular weight is 1960 g/mol. The van der Waals surface area contributed by atoms with Gasteiger partial charge >= 0.3 is 244 Å². The summed E-state index contributed by atoms with van der Waals surface area (Å²) < 4.78 is 59.0. The number of pyridine rings is 2. The zero-order valence-corrected chi connectivity index (χ0v) is 86.3. The average Bonchev–Trinajstić information content (AvgIpc) is 1.54. The van der Waals surface area contributed by atoms with Gasteiger partial charge in [0.05, 0.1) is 44.3 Å². The van der Waals surface area contributed by atoms with E-state index in [2.05, 4.69) is 186 Å². The van der Waals surface area contributed by atoms with Crippen LogP contribution in [0.3, 0.4) is 0 Å². The second-order valence-corrected chi connectivity index (χ2v) is 71.7. The van der Waals surface area contributed by atoms with Gasteiger partial charge in [-0.1, -0.05) is 131 Å². The summed E-state index contributed by atoms with van der Waals surface area (Å²) in [7, 11) is -4.38. The van der Waals surface area contributed by atoms with Crippen molar-refractivity contribution in [1.29, 1.82) is 0 Å². The third-order valence-electron chi connectivity index (χ3n) is 24.7. The number of aromatic nitrogens is 6. The van der Waals surface area contributed by atoms with Crippen LogP contribution in [0.2, 0.25) is 43.4 Å². The third kappa shape index (κ3) is 19.7. The van der Waals surface area contributed by atoms with Crippen molar-refractivity contribution in [3.63, 3.8) is 0 Å². The van der Waals surface area contributed by atoms with E-state index < -0.39 is 46.4 Å². The Bertz CT molecular complexity index is 4840. The molecule has 14 heterocycles. The Hall–Kier alpha value is -2.57. The molecule has 12 aromatic heterocycles. The maximum atomic E-state index is 17.4. The summed E-state index contributed by atoms with van der Waals surface area (Å²) in [5.74, 6) is 1.87. The first-order valence-corrected chi connectivity index (χ1v) is 70.6. The Morgan fingerprint density at radius 2 is 0.719 bits per heavy atom. The van der Waals surface area contributed by atoms with E-state index in [1.54, 1.807) is 60.0 Å². The molecule has 0 spiro atoms. The first-order chi connectivity index (χ1) is 55.4. The molecule has 0 saturated heterocycles. The molecule has 0 N–H and O–H groups in total. The van der Waals surface area contributed by atoms with Crippen molar-refractivity contribution in [2.45, 2.75) is 291 Å². The standard InChI is InChI=1S/C62H70F2N6S8Si.C25H38S2Si.C2H5.3CH3.2Sn/c1-7-13-17-19-23-39-25-27-41(71-39)43-29-31-45(73-43)53-57-55(67-77-69-57)51(61(63)65-53)47-33-49-59(75-47)60-50(79(49,35-37(11-5)21-15-9-3)36-38(12-6)22-16-10-4)34-48(76-60)52-56-58(70-78-68-56)54(66-62(52)64)46-32-30-44(74-46)42-28-26-40(72-42)24-20-18-14-8-2;1-6-10-12-20(8-3)17-28(18-21(9-4)13-11-7-2)22-14-15-26-24(22)25-23(28)16-19(5)27-25;1-2;;;;;/h25-34,37-38H,7-24,35-36H2,1-6H3;14,16,20-21H,5-13,17-18H2,1-4H3;1H2,2H3;3*1H3;;. The Labute approximate surface area is 738 Å². The van der Waals surface area contributed by atoms with Gasteiger partial charge in [-0.05, 0) is 121 Å². The van der Waals surface area contributed by atoms with Crippen LogP contribution in [0.25, 0.3) is 103 Å². The molecular formula is C92H122F2N6S10Si2Sn2. The van der Waals surface area contributed by atoms with Gasteiger partial charge in [0.15, 0.2) is 0 Å². The molecule has 0 amide bonds. The number of hydrogen-bond donors (Lipinski definition) is 0. The van der Waals surface area contributed by atoms with Crippen LogP contribution in [0.5, 0.6) is 0 Å². The minimum absolute atomic E-state index is 0.212. The molecule has 0 aromatic carbocycles. The van der Waals surface area contributed by atoms with Gasteiger partial charge in [0.1, 0.15) is 41.5 Å². The number of unbranched alkanes of at least 4 members (excludes halogenated alkanes) is 10. The van der Waals surface area contributed by atoms with E-state index in [1.807, 2.05) is 35.9 Å². The predicted molar refractivity (Wildman–Crippen MR) is 518 cm³/mol. The van der Waals surface area contributed by atoms with Crippen LogP contribution in [-0.2, 0) is 17.3 Å². The first-order valence-electron chi connectivity index (χ1n) is 43.7. The Morgan fingerprint density at radius 1 is 0.360 bits per heavy atom. The number of hydrogen-bond acceptors (Lipinski definition) is 16. The maximum absolute atomic E-state index is 17.4. The van der Waals surface area contributed by atoms with Gasteiger partial charge in [-0.25, -0.2) is 9.97 Å². The zero-order chi connectivity index (χ0) is 80.3. The molecular weight excluding hydrogens is 1840 g/mol. The van der Waals surface area contributed by atoms with Crippen LogP contribution in [0.15, 0.2) is 72.8 Å². The summed E-state index contributed by atoms with van der Waals surface area (Å²) in [6.07, 6.45) is 32.6. The van der Waals surface area contributed by atoms with Gasteiger partial charge in [0.2, 0.25) is 11.9 Å². The van der Waals surface area contributed by atoms with Crippen molar-refractivity contribution in [2.75, 3.05) is 0 Å². The molecule has 22 heteroatoms. The van der Waals surface area contributed by atoms with Gasteiger partial charge in [-0.2, -0.15) is 26.3 Å². The topological polar surface area (TPSA) is 77.3 Å². The Morgan fingerprint density at radius 3 is 1.11 bits per heavy atom. The number of fused-ring (bicyclic) bond motifs is 8. The van der Waals surface area contributed by atoms with Crippen molar-refractivity contribution in [3.05, 3.63) is 99.3 Å². The zero-order valence-electron chi connectivity index (χ0n) is 70.4. The van der Waals surface area contributed by atoms with Crippen molar-refractivity contribution >= 4 is 216 Å². The van der Waals surface area contributed by atoms with Crippen LogP contribution < -0.4 is 23.6 Å². The summed E-state index contributed by atoms with van der Waals surface area (Å²) in [4.78, 5) is 36.3. The molecule has 2 aliphatic rings. The van der Waals surface area contributed by atoms with Crippen LogP contribution >= 0.6 is 114 Å². The maximum Gasteiger partial charge on any atom is 0.224 e. The fraction of sp³-hybridized carbons (Fsp3) is 0.543. The molecule has 14 rings (SSSR count).